The minimum atomic E-state index is -0.355. The Kier molecular flexibility index (Phi) is 4.74. The minimum absolute atomic E-state index is 0.165. The van der Waals surface area contributed by atoms with Crippen LogP contribution >= 0.6 is 0 Å². The molecule has 1 aromatic rings. The largest absolute Gasteiger partial charge is 0.392 e. The van der Waals surface area contributed by atoms with Crippen LogP contribution in [0.15, 0.2) is 18.2 Å². The van der Waals surface area contributed by atoms with Crippen molar-refractivity contribution in [1.29, 1.82) is 5.26 Å². The van der Waals surface area contributed by atoms with Gasteiger partial charge in [-0.15, -0.1) is 0 Å². The normalized spacial score (nSPS) is 9.88. The number of hydrogen-bond acceptors (Lipinski definition) is 3. The molecule has 3 nitrogen and oxygen atoms in total. The molecule has 0 radical (unpaired) electrons. The fourth-order valence-corrected chi connectivity index (χ4v) is 1.54. The van der Waals surface area contributed by atoms with Crippen LogP contribution < -0.4 is 4.90 Å². The molecule has 1 aromatic carbocycles. The molecular formula is C12H15FN2O. The predicted octanol–water partition coefficient (Wildman–Crippen LogP) is 2.06. The van der Waals surface area contributed by atoms with E-state index in [1.807, 2.05) is 13.0 Å². The highest BCUT2D eigenvalue weighted by Gasteiger charge is 2.09. The molecule has 0 spiro atoms. The molecule has 0 aliphatic heterocycles. The summed E-state index contributed by atoms with van der Waals surface area (Å²) in [6.07, 6.45) is 0.370. The van der Waals surface area contributed by atoms with Crippen LogP contribution in [0.3, 0.4) is 0 Å². The summed E-state index contributed by atoms with van der Waals surface area (Å²) in [5, 5.41) is 17.4. The number of anilines is 1. The Bertz CT molecular complexity index is 387. The number of rotatable bonds is 5. The molecule has 0 heterocycles. The number of nitriles is 1. The minimum Gasteiger partial charge on any atom is -0.392 e. The number of benzene rings is 1. The number of aliphatic hydroxyl groups is 1. The van der Waals surface area contributed by atoms with Crippen LogP contribution in [-0.4, -0.2) is 18.2 Å². The molecule has 16 heavy (non-hydrogen) atoms. The first-order valence-electron chi connectivity index (χ1n) is 5.24. The predicted molar refractivity (Wildman–Crippen MR) is 60.4 cm³/mol. The molecule has 0 atom stereocenters. The van der Waals surface area contributed by atoms with Crippen LogP contribution in [0, 0.1) is 17.1 Å². The van der Waals surface area contributed by atoms with E-state index in [9.17, 15) is 4.39 Å². The van der Waals surface area contributed by atoms with Crippen molar-refractivity contribution in [2.45, 2.75) is 20.0 Å². The van der Waals surface area contributed by atoms with Crippen LogP contribution in [0.4, 0.5) is 10.1 Å². The lowest BCUT2D eigenvalue weighted by molar-refractivity contribution is 0.281. The van der Waals surface area contributed by atoms with Crippen molar-refractivity contribution in [2.75, 3.05) is 18.0 Å². The molecule has 4 heteroatoms. The molecule has 0 fully saturated rings. The smallest absolute Gasteiger partial charge is 0.146 e. The second kappa shape index (κ2) is 6.09. The topological polar surface area (TPSA) is 47.3 Å². The van der Waals surface area contributed by atoms with Gasteiger partial charge in [0.25, 0.3) is 0 Å². The van der Waals surface area contributed by atoms with Crippen LogP contribution in [0.2, 0.25) is 0 Å². The van der Waals surface area contributed by atoms with E-state index in [1.54, 1.807) is 17.0 Å². The lowest BCUT2D eigenvalue weighted by Crippen LogP contribution is -2.24. The second-order valence-electron chi connectivity index (χ2n) is 3.43. The average Bonchev–Trinajstić information content (AvgIpc) is 2.31. The maximum atomic E-state index is 13.7. The highest BCUT2D eigenvalue weighted by Crippen LogP contribution is 2.20. The standard InChI is InChI=1S/C12H15FN2O/c1-2-15(7-3-6-14)12-5-4-10(9-16)8-11(12)13/h4-5,8,16H,2-3,7,9H2,1H3. The Morgan fingerprint density at radius 1 is 1.50 bits per heavy atom. The van der Waals surface area contributed by atoms with E-state index in [1.165, 1.54) is 6.07 Å². The summed E-state index contributed by atoms with van der Waals surface area (Å²) in [5.41, 5.74) is 1.03. The Labute approximate surface area is 94.7 Å². The highest BCUT2D eigenvalue weighted by atomic mass is 19.1. The summed E-state index contributed by atoms with van der Waals surface area (Å²) in [6.45, 7) is 2.91. The lowest BCUT2D eigenvalue weighted by atomic mass is 10.2. The van der Waals surface area contributed by atoms with Crippen LogP contribution in [0.5, 0.6) is 0 Å². The van der Waals surface area contributed by atoms with Crippen molar-refractivity contribution in [1.82, 2.24) is 0 Å². The molecule has 0 aromatic heterocycles. The van der Waals surface area contributed by atoms with Crippen LogP contribution in [0.1, 0.15) is 18.9 Å². The monoisotopic (exact) mass is 222 g/mol. The van der Waals surface area contributed by atoms with Crippen LogP contribution in [0.25, 0.3) is 0 Å². The Hall–Kier alpha value is -1.60. The molecule has 1 rings (SSSR count). The van der Waals surface area contributed by atoms with E-state index in [2.05, 4.69) is 0 Å². The van der Waals surface area contributed by atoms with Gasteiger partial charge in [0.2, 0.25) is 0 Å². The molecule has 0 saturated heterocycles. The molecule has 0 aliphatic carbocycles. The average molecular weight is 222 g/mol. The van der Waals surface area contributed by atoms with E-state index in [0.717, 1.165) is 0 Å². The number of hydrogen-bond donors (Lipinski definition) is 1. The van der Waals surface area contributed by atoms with Gasteiger partial charge in [-0.2, -0.15) is 5.26 Å². The summed E-state index contributed by atoms with van der Waals surface area (Å²) in [6, 6.07) is 6.69. The van der Waals surface area contributed by atoms with Gasteiger partial charge in [-0.05, 0) is 24.6 Å². The molecule has 0 amide bonds. The maximum Gasteiger partial charge on any atom is 0.146 e. The summed E-state index contributed by atoms with van der Waals surface area (Å²) >= 11 is 0. The van der Waals surface area contributed by atoms with Gasteiger partial charge in [0.15, 0.2) is 0 Å². The molecule has 1 N–H and O–H groups in total. The van der Waals surface area contributed by atoms with Crippen molar-refractivity contribution in [3.05, 3.63) is 29.6 Å². The zero-order chi connectivity index (χ0) is 12.0. The maximum absolute atomic E-state index is 13.7. The van der Waals surface area contributed by atoms with Gasteiger partial charge >= 0.3 is 0 Å². The molecule has 0 unspecified atom stereocenters. The van der Waals surface area contributed by atoms with Crippen LogP contribution in [-0.2, 0) is 6.61 Å². The van der Waals surface area contributed by atoms with Crippen molar-refractivity contribution < 1.29 is 9.50 Å². The summed E-state index contributed by atoms with van der Waals surface area (Å²) in [4.78, 5) is 1.81. The Morgan fingerprint density at radius 2 is 2.25 bits per heavy atom. The first-order chi connectivity index (χ1) is 7.72. The van der Waals surface area contributed by atoms with E-state index < -0.39 is 0 Å². The third kappa shape index (κ3) is 2.94. The number of aliphatic hydroxyl groups excluding tert-OH is 1. The third-order valence-corrected chi connectivity index (χ3v) is 2.41. The van der Waals surface area contributed by atoms with Gasteiger partial charge in [0, 0.05) is 13.1 Å². The summed E-state index contributed by atoms with van der Waals surface area (Å²) in [5.74, 6) is -0.355. The van der Waals surface area contributed by atoms with Gasteiger partial charge in [-0.25, -0.2) is 4.39 Å². The summed E-state index contributed by atoms with van der Waals surface area (Å²) < 4.78 is 13.7. The van der Waals surface area contributed by atoms with Crippen molar-refractivity contribution >= 4 is 5.69 Å². The molecule has 0 bridgehead atoms. The van der Waals surface area contributed by atoms with Crippen molar-refractivity contribution in [2.24, 2.45) is 0 Å². The molecule has 0 aliphatic rings. The fourth-order valence-electron chi connectivity index (χ4n) is 1.54. The molecule has 0 saturated carbocycles. The molecular weight excluding hydrogens is 207 g/mol. The first-order valence-corrected chi connectivity index (χ1v) is 5.24. The van der Waals surface area contributed by atoms with E-state index in [0.29, 0.717) is 30.8 Å². The van der Waals surface area contributed by atoms with Gasteiger partial charge in [-0.1, -0.05) is 6.07 Å². The molecule has 86 valence electrons. The van der Waals surface area contributed by atoms with Crippen molar-refractivity contribution in [3.8, 4) is 6.07 Å². The second-order valence-corrected chi connectivity index (χ2v) is 3.43. The zero-order valence-electron chi connectivity index (χ0n) is 9.28. The van der Waals surface area contributed by atoms with E-state index in [4.69, 9.17) is 10.4 Å². The zero-order valence-corrected chi connectivity index (χ0v) is 9.28. The van der Waals surface area contributed by atoms with E-state index >= 15 is 0 Å². The van der Waals surface area contributed by atoms with Gasteiger partial charge in [-0.3, -0.25) is 0 Å². The van der Waals surface area contributed by atoms with Crippen molar-refractivity contribution in [3.63, 3.8) is 0 Å². The third-order valence-electron chi connectivity index (χ3n) is 2.41. The number of nitrogens with zero attached hydrogens (tertiary/aromatic N) is 2. The summed E-state index contributed by atoms with van der Waals surface area (Å²) in [7, 11) is 0. The van der Waals surface area contributed by atoms with Gasteiger partial charge in [0.1, 0.15) is 5.82 Å². The SMILES string of the molecule is CCN(CCC#N)c1ccc(CO)cc1F. The quantitative estimate of drug-likeness (QED) is 0.829. The van der Waals surface area contributed by atoms with Gasteiger partial charge in [0.05, 0.1) is 24.8 Å². The Balaban J connectivity index is 2.88. The first kappa shape index (κ1) is 12.5. The van der Waals surface area contributed by atoms with E-state index in [-0.39, 0.29) is 12.4 Å². The van der Waals surface area contributed by atoms with Gasteiger partial charge < -0.3 is 10.0 Å². The fraction of sp³-hybridized carbons (Fsp3) is 0.417. The number of halogens is 1. The highest BCUT2D eigenvalue weighted by molar-refractivity contribution is 5.49. The lowest BCUT2D eigenvalue weighted by Gasteiger charge is -2.22. The Morgan fingerprint density at radius 3 is 2.75 bits per heavy atom.